The third-order valence-electron chi connectivity index (χ3n) is 3.00. The zero-order valence-corrected chi connectivity index (χ0v) is 11.5. The molecule has 0 bridgehead atoms. The number of hydrogen-bond donors (Lipinski definition) is 0. The number of benzene rings is 2. The molecule has 0 aliphatic heterocycles. The Morgan fingerprint density at radius 1 is 1.10 bits per heavy atom. The van der Waals surface area contributed by atoms with Crippen LogP contribution in [0.25, 0.3) is 0 Å². The predicted octanol–water partition coefficient (Wildman–Crippen LogP) is 3.71. The van der Waals surface area contributed by atoms with Gasteiger partial charge in [-0.15, -0.1) is 0 Å². The van der Waals surface area contributed by atoms with Crippen molar-refractivity contribution in [3.63, 3.8) is 0 Å². The van der Waals surface area contributed by atoms with Gasteiger partial charge in [-0.05, 0) is 23.8 Å². The molecule has 0 saturated heterocycles. The first kappa shape index (κ1) is 14.1. The van der Waals surface area contributed by atoms with Crippen LogP contribution < -0.4 is 4.74 Å². The Kier molecular flexibility index (Phi) is 5.16. The van der Waals surface area contributed by atoms with E-state index < -0.39 is 0 Å². The second kappa shape index (κ2) is 7.32. The van der Waals surface area contributed by atoms with Crippen LogP contribution in [0.1, 0.15) is 23.7 Å². The zero-order chi connectivity index (χ0) is 14.2. The summed E-state index contributed by atoms with van der Waals surface area (Å²) in [7, 11) is 1.68. The molecule has 2 aromatic rings. The molecule has 20 heavy (non-hydrogen) atoms. The van der Waals surface area contributed by atoms with Crippen molar-refractivity contribution in [3.05, 3.63) is 65.7 Å². The lowest BCUT2D eigenvalue weighted by Gasteiger charge is -2.19. The highest BCUT2D eigenvalue weighted by Gasteiger charge is 2.13. The monoisotopic (exact) mass is 267 g/mol. The maximum atomic E-state index is 8.93. The van der Waals surface area contributed by atoms with Crippen LogP contribution in [-0.4, -0.2) is 13.7 Å². The van der Waals surface area contributed by atoms with Gasteiger partial charge >= 0.3 is 0 Å². The van der Waals surface area contributed by atoms with Crippen LogP contribution in [0.15, 0.2) is 54.6 Å². The van der Waals surface area contributed by atoms with Gasteiger partial charge in [-0.1, -0.05) is 36.4 Å². The second-order valence-corrected chi connectivity index (χ2v) is 4.44. The minimum Gasteiger partial charge on any atom is -0.486 e. The molecule has 0 radical (unpaired) electrons. The van der Waals surface area contributed by atoms with Crippen LogP contribution in [0.3, 0.4) is 0 Å². The molecule has 0 fully saturated rings. The topological polar surface area (TPSA) is 42.2 Å². The van der Waals surface area contributed by atoms with Gasteiger partial charge in [-0.2, -0.15) is 5.26 Å². The zero-order valence-electron chi connectivity index (χ0n) is 11.5. The molecule has 0 aliphatic carbocycles. The first-order valence-electron chi connectivity index (χ1n) is 6.54. The third-order valence-corrected chi connectivity index (χ3v) is 3.00. The van der Waals surface area contributed by atoms with Gasteiger partial charge in [0.2, 0.25) is 0 Å². The van der Waals surface area contributed by atoms with Crippen LogP contribution in [-0.2, 0) is 4.74 Å². The van der Waals surface area contributed by atoms with Crippen molar-refractivity contribution in [1.29, 1.82) is 5.26 Å². The number of ether oxygens (including phenoxy) is 2. The Morgan fingerprint density at radius 2 is 1.90 bits per heavy atom. The van der Waals surface area contributed by atoms with E-state index in [1.54, 1.807) is 19.2 Å². The molecule has 0 heterocycles. The maximum Gasteiger partial charge on any atom is 0.126 e. The minimum atomic E-state index is -0.0786. The molecule has 0 saturated carbocycles. The van der Waals surface area contributed by atoms with Gasteiger partial charge in [0.25, 0.3) is 0 Å². The van der Waals surface area contributed by atoms with Crippen LogP contribution >= 0.6 is 0 Å². The van der Waals surface area contributed by atoms with Crippen molar-refractivity contribution in [2.45, 2.75) is 12.5 Å². The molecular formula is C17H17NO2. The number of hydrogen-bond acceptors (Lipinski definition) is 3. The maximum absolute atomic E-state index is 8.93. The van der Waals surface area contributed by atoms with E-state index in [1.807, 2.05) is 42.5 Å². The molecular weight excluding hydrogens is 250 g/mol. The quantitative estimate of drug-likeness (QED) is 0.801. The number of methoxy groups -OCH3 is 1. The normalized spacial score (nSPS) is 11.6. The fourth-order valence-electron chi connectivity index (χ4n) is 1.99. The van der Waals surface area contributed by atoms with E-state index in [4.69, 9.17) is 14.7 Å². The van der Waals surface area contributed by atoms with Gasteiger partial charge in [0, 0.05) is 13.5 Å². The largest absolute Gasteiger partial charge is 0.486 e. The number of nitriles is 1. The van der Waals surface area contributed by atoms with Crippen molar-refractivity contribution in [2.75, 3.05) is 13.7 Å². The molecule has 3 heteroatoms. The lowest BCUT2D eigenvalue weighted by atomic mass is 10.1. The summed E-state index contributed by atoms with van der Waals surface area (Å²) >= 11 is 0. The van der Waals surface area contributed by atoms with E-state index in [1.165, 1.54) is 0 Å². The van der Waals surface area contributed by atoms with E-state index >= 15 is 0 Å². The molecule has 0 amide bonds. The minimum absolute atomic E-state index is 0.0786. The highest BCUT2D eigenvalue weighted by atomic mass is 16.5. The Bertz CT molecular complexity index is 575. The van der Waals surface area contributed by atoms with E-state index in [2.05, 4.69) is 6.07 Å². The van der Waals surface area contributed by atoms with Crippen molar-refractivity contribution in [1.82, 2.24) is 0 Å². The van der Waals surface area contributed by atoms with Crippen molar-refractivity contribution >= 4 is 0 Å². The highest BCUT2D eigenvalue weighted by molar-refractivity contribution is 5.36. The standard InChI is InChI=1S/C17H17NO2/c1-19-11-10-17(15-7-3-2-4-8-15)20-16-9-5-6-14(12-16)13-18/h2-9,12,17H,10-11H2,1H3/t17-/m1/s1. The van der Waals surface area contributed by atoms with E-state index in [-0.39, 0.29) is 6.10 Å². The van der Waals surface area contributed by atoms with Crippen LogP contribution in [0.2, 0.25) is 0 Å². The van der Waals surface area contributed by atoms with Crippen molar-refractivity contribution in [2.24, 2.45) is 0 Å². The van der Waals surface area contributed by atoms with Gasteiger partial charge in [-0.25, -0.2) is 0 Å². The Morgan fingerprint density at radius 3 is 2.60 bits per heavy atom. The highest BCUT2D eigenvalue weighted by Crippen LogP contribution is 2.25. The van der Waals surface area contributed by atoms with Crippen LogP contribution in [0.4, 0.5) is 0 Å². The van der Waals surface area contributed by atoms with Gasteiger partial charge in [0.15, 0.2) is 0 Å². The fourth-order valence-corrected chi connectivity index (χ4v) is 1.99. The molecule has 0 N–H and O–H groups in total. The SMILES string of the molecule is COCC[C@@H](Oc1cccc(C#N)c1)c1ccccc1. The Balaban J connectivity index is 2.17. The molecule has 0 unspecified atom stereocenters. The predicted molar refractivity (Wildman–Crippen MR) is 77.5 cm³/mol. The van der Waals surface area contributed by atoms with Crippen molar-refractivity contribution in [3.8, 4) is 11.8 Å². The molecule has 2 rings (SSSR count). The van der Waals surface area contributed by atoms with E-state index in [0.29, 0.717) is 17.9 Å². The average Bonchev–Trinajstić information content (AvgIpc) is 2.52. The van der Waals surface area contributed by atoms with E-state index in [9.17, 15) is 0 Å². The lowest BCUT2D eigenvalue weighted by molar-refractivity contribution is 0.126. The van der Waals surface area contributed by atoms with Crippen molar-refractivity contribution < 1.29 is 9.47 Å². The summed E-state index contributed by atoms with van der Waals surface area (Å²) in [5, 5.41) is 8.93. The van der Waals surface area contributed by atoms with E-state index in [0.717, 1.165) is 12.0 Å². The molecule has 1 atom stereocenters. The summed E-state index contributed by atoms with van der Waals surface area (Å²) in [5.74, 6) is 0.703. The number of nitrogens with zero attached hydrogens (tertiary/aromatic N) is 1. The van der Waals surface area contributed by atoms with Crippen LogP contribution in [0, 0.1) is 11.3 Å². The summed E-state index contributed by atoms with van der Waals surface area (Å²) in [6.45, 7) is 0.623. The molecule has 0 aromatic heterocycles. The Labute approximate surface area is 119 Å². The molecule has 0 spiro atoms. The average molecular weight is 267 g/mol. The van der Waals surface area contributed by atoms with Crippen LogP contribution in [0.5, 0.6) is 5.75 Å². The van der Waals surface area contributed by atoms with Gasteiger partial charge in [0.1, 0.15) is 11.9 Å². The summed E-state index contributed by atoms with van der Waals surface area (Å²) in [6.07, 6.45) is 0.683. The first-order chi connectivity index (χ1) is 9.83. The summed E-state index contributed by atoms with van der Waals surface area (Å²) in [5.41, 5.74) is 1.70. The fraction of sp³-hybridized carbons (Fsp3) is 0.235. The third kappa shape index (κ3) is 3.84. The summed E-state index contributed by atoms with van der Waals surface area (Å²) in [4.78, 5) is 0. The first-order valence-corrected chi connectivity index (χ1v) is 6.54. The van der Waals surface area contributed by atoms with Gasteiger partial charge < -0.3 is 9.47 Å². The summed E-state index contributed by atoms with van der Waals surface area (Å²) < 4.78 is 11.2. The molecule has 3 nitrogen and oxygen atoms in total. The molecule has 102 valence electrons. The molecule has 2 aromatic carbocycles. The van der Waals surface area contributed by atoms with Gasteiger partial charge in [-0.3, -0.25) is 0 Å². The van der Waals surface area contributed by atoms with Gasteiger partial charge in [0.05, 0.1) is 18.2 Å². The Hall–Kier alpha value is -2.31. The molecule has 0 aliphatic rings. The number of rotatable bonds is 6. The second-order valence-electron chi connectivity index (χ2n) is 4.44. The lowest BCUT2D eigenvalue weighted by Crippen LogP contribution is -2.10. The smallest absolute Gasteiger partial charge is 0.126 e. The summed E-state index contributed by atoms with van der Waals surface area (Å²) in [6, 6.07) is 19.4.